The Morgan fingerprint density at radius 3 is 2.00 bits per heavy atom. The first-order valence-electron chi connectivity index (χ1n) is 6.72. The molecule has 0 spiro atoms. The fourth-order valence-corrected chi connectivity index (χ4v) is 3.14. The molecular weight excluding hydrogens is 199 g/mol. The van der Waals surface area contributed by atoms with Gasteiger partial charge in [-0.15, -0.1) is 8.58 Å². The molecule has 0 aliphatic carbocycles. The summed E-state index contributed by atoms with van der Waals surface area (Å²) in [5.74, 6) is 2.69. The molecule has 0 aromatic carbocycles. The lowest BCUT2D eigenvalue weighted by Crippen LogP contribution is -2.08. The van der Waals surface area contributed by atoms with Gasteiger partial charge in [-0.3, -0.25) is 0 Å². The van der Waals surface area contributed by atoms with Gasteiger partial charge in [-0.25, -0.2) is 0 Å². The van der Waals surface area contributed by atoms with Crippen molar-refractivity contribution in [1.82, 2.24) is 0 Å². The molecule has 4 atom stereocenters. The van der Waals surface area contributed by atoms with Crippen LogP contribution in [0.15, 0.2) is 0 Å². The summed E-state index contributed by atoms with van der Waals surface area (Å²) in [5.41, 5.74) is 0.948. The molecular formula is C14H31P. The zero-order valence-electron chi connectivity index (χ0n) is 11.6. The SMILES string of the molecule is CCC(C)C(C)PCCCC(C)C(C)C. The van der Waals surface area contributed by atoms with Gasteiger partial charge in [0, 0.05) is 0 Å². The smallest absolute Gasteiger partial charge is 0.0239 e. The molecule has 0 aliphatic heterocycles. The summed E-state index contributed by atoms with van der Waals surface area (Å²) in [6, 6.07) is 0. The first kappa shape index (κ1) is 15.4. The van der Waals surface area contributed by atoms with E-state index in [1.807, 2.05) is 0 Å². The summed E-state index contributed by atoms with van der Waals surface area (Å²) < 4.78 is 0. The van der Waals surface area contributed by atoms with E-state index in [2.05, 4.69) is 41.5 Å². The molecule has 0 heterocycles. The molecule has 0 saturated heterocycles. The lowest BCUT2D eigenvalue weighted by molar-refractivity contribution is 0.389. The third-order valence-electron chi connectivity index (χ3n) is 3.94. The Morgan fingerprint density at radius 1 is 0.933 bits per heavy atom. The molecule has 0 saturated carbocycles. The number of hydrogen-bond donors (Lipinski definition) is 0. The highest BCUT2D eigenvalue weighted by Crippen LogP contribution is 2.29. The van der Waals surface area contributed by atoms with Crippen molar-refractivity contribution < 1.29 is 0 Å². The van der Waals surface area contributed by atoms with E-state index in [1.54, 1.807) is 0 Å². The Balaban J connectivity index is 3.46. The van der Waals surface area contributed by atoms with Crippen molar-refractivity contribution in [3.63, 3.8) is 0 Å². The molecule has 0 fully saturated rings. The van der Waals surface area contributed by atoms with Crippen LogP contribution in [0.4, 0.5) is 0 Å². The van der Waals surface area contributed by atoms with Crippen molar-refractivity contribution in [2.75, 3.05) is 6.16 Å². The second-order valence-corrected chi connectivity index (χ2v) is 7.31. The number of rotatable bonds is 8. The average molecular weight is 230 g/mol. The van der Waals surface area contributed by atoms with Gasteiger partial charge in [-0.2, -0.15) is 0 Å². The molecule has 0 nitrogen and oxygen atoms in total. The van der Waals surface area contributed by atoms with Gasteiger partial charge in [0.15, 0.2) is 0 Å². The second-order valence-electron chi connectivity index (χ2n) is 5.49. The van der Waals surface area contributed by atoms with Crippen LogP contribution in [0.5, 0.6) is 0 Å². The first-order valence-corrected chi connectivity index (χ1v) is 8.00. The standard InChI is InChI=1S/C14H31P/c1-7-12(4)14(6)15-10-8-9-13(5)11(2)3/h11-15H,7-10H2,1-6H3. The van der Waals surface area contributed by atoms with Crippen molar-refractivity contribution >= 4 is 8.58 Å². The predicted octanol–water partition coefficient (Wildman–Crippen LogP) is 5.17. The van der Waals surface area contributed by atoms with Crippen molar-refractivity contribution in [3.8, 4) is 0 Å². The fraction of sp³-hybridized carbons (Fsp3) is 1.00. The van der Waals surface area contributed by atoms with E-state index in [0.717, 1.165) is 23.4 Å². The largest absolute Gasteiger partial charge is 0.119 e. The minimum Gasteiger partial charge on any atom is -0.119 e. The topological polar surface area (TPSA) is 0 Å². The maximum atomic E-state index is 2.43. The van der Waals surface area contributed by atoms with Crippen molar-refractivity contribution in [1.29, 1.82) is 0 Å². The summed E-state index contributed by atoms with van der Waals surface area (Å²) in [6.45, 7) is 14.2. The Labute approximate surface area is 99.4 Å². The third kappa shape index (κ3) is 7.34. The van der Waals surface area contributed by atoms with Gasteiger partial charge in [0.2, 0.25) is 0 Å². The van der Waals surface area contributed by atoms with Crippen molar-refractivity contribution in [2.45, 2.75) is 66.5 Å². The molecule has 0 N–H and O–H groups in total. The van der Waals surface area contributed by atoms with E-state index in [4.69, 9.17) is 0 Å². The molecule has 92 valence electrons. The first-order chi connectivity index (χ1) is 6.99. The molecule has 4 unspecified atom stereocenters. The summed E-state index contributed by atoms with van der Waals surface area (Å²) in [7, 11) is 1.19. The molecule has 0 aromatic rings. The predicted molar refractivity (Wildman–Crippen MR) is 75.3 cm³/mol. The summed E-state index contributed by atoms with van der Waals surface area (Å²) >= 11 is 0. The highest BCUT2D eigenvalue weighted by molar-refractivity contribution is 7.38. The Bertz CT molecular complexity index is 142. The molecule has 15 heavy (non-hydrogen) atoms. The van der Waals surface area contributed by atoms with E-state index >= 15 is 0 Å². The van der Waals surface area contributed by atoms with Gasteiger partial charge >= 0.3 is 0 Å². The molecule has 1 heteroatoms. The highest BCUT2D eigenvalue weighted by atomic mass is 31.1. The summed E-state index contributed by atoms with van der Waals surface area (Å²) in [6.07, 6.45) is 5.68. The zero-order chi connectivity index (χ0) is 11.8. The lowest BCUT2D eigenvalue weighted by atomic mass is 9.94. The number of hydrogen-bond acceptors (Lipinski definition) is 0. The Morgan fingerprint density at radius 2 is 1.53 bits per heavy atom. The summed E-state index contributed by atoms with van der Waals surface area (Å²) in [5, 5.41) is 0. The van der Waals surface area contributed by atoms with E-state index in [9.17, 15) is 0 Å². The van der Waals surface area contributed by atoms with Gasteiger partial charge in [0.25, 0.3) is 0 Å². The maximum absolute atomic E-state index is 2.43. The molecule has 0 bridgehead atoms. The van der Waals surface area contributed by atoms with E-state index in [-0.39, 0.29) is 0 Å². The maximum Gasteiger partial charge on any atom is -0.0239 e. The Kier molecular flexibility index (Phi) is 8.81. The quantitative estimate of drug-likeness (QED) is 0.398. The van der Waals surface area contributed by atoms with Crippen LogP contribution >= 0.6 is 8.58 Å². The normalized spacial score (nSPS) is 18.6. The van der Waals surface area contributed by atoms with Crippen LogP contribution in [-0.4, -0.2) is 11.8 Å². The van der Waals surface area contributed by atoms with Gasteiger partial charge in [0.05, 0.1) is 0 Å². The van der Waals surface area contributed by atoms with Crippen LogP contribution in [-0.2, 0) is 0 Å². The van der Waals surface area contributed by atoms with Gasteiger partial charge in [0.1, 0.15) is 0 Å². The van der Waals surface area contributed by atoms with Crippen LogP contribution in [0.2, 0.25) is 0 Å². The molecule has 0 aromatic heterocycles. The zero-order valence-corrected chi connectivity index (χ0v) is 12.6. The van der Waals surface area contributed by atoms with Crippen LogP contribution in [0.1, 0.15) is 60.8 Å². The van der Waals surface area contributed by atoms with Crippen LogP contribution < -0.4 is 0 Å². The van der Waals surface area contributed by atoms with Crippen LogP contribution in [0.25, 0.3) is 0 Å². The van der Waals surface area contributed by atoms with Gasteiger partial charge < -0.3 is 0 Å². The van der Waals surface area contributed by atoms with Crippen molar-refractivity contribution in [2.24, 2.45) is 17.8 Å². The fourth-order valence-electron chi connectivity index (χ4n) is 1.64. The van der Waals surface area contributed by atoms with E-state index in [0.29, 0.717) is 0 Å². The monoisotopic (exact) mass is 230 g/mol. The minimum absolute atomic E-state index is 0.861. The second kappa shape index (κ2) is 8.57. The highest BCUT2D eigenvalue weighted by Gasteiger charge is 2.10. The van der Waals surface area contributed by atoms with Crippen LogP contribution in [0.3, 0.4) is 0 Å². The van der Waals surface area contributed by atoms with E-state index < -0.39 is 0 Å². The lowest BCUT2D eigenvalue weighted by Gasteiger charge is -2.19. The average Bonchev–Trinajstić information content (AvgIpc) is 2.22. The van der Waals surface area contributed by atoms with Gasteiger partial charge in [-0.05, 0) is 36.0 Å². The van der Waals surface area contributed by atoms with Crippen molar-refractivity contribution in [3.05, 3.63) is 0 Å². The van der Waals surface area contributed by atoms with Crippen LogP contribution in [0, 0.1) is 17.8 Å². The molecule has 0 radical (unpaired) electrons. The third-order valence-corrected chi connectivity index (χ3v) is 5.79. The summed E-state index contributed by atoms with van der Waals surface area (Å²) in [4.78, 5) is 0. The minimum atomic E-state index is 0.861. The van der Waals surface area contributed by atoms with Gasteiger partial charge in [-0.1, -0.05) is 54.4 Å². The van der Waals surface area contributed by atoms with E-state index in [1.165, 1.54) is 34.0 Å². The Hall–Kier alpha value is 0.430. The molecule has 0 amide bonds. The molecule has 0 aliphatic rings. The molecule has 0 rings (SSSR count).